The molecule has 0 saturated heterocycles. The highest BCUT2D eigenvalue weighted by Gasteiger charge is 2.18. The third-order valence-electron chi connectivity index (χ3n) is 3.17. The molecule has 1 unspecified atom stereocenters. The number of nitrogen functional groups attached to an aromatic ring is 1. The highest BCUT2D eigenvalue weighted by molar-refractivity contribution is 5.66. The summed E-state index contributed by atoms with van der Waals surface area (Å²) in [5.41, 5.74) is 7.85. The highest BCUT2D eigenvalue weighted by Crippen LogP contribution is 2.27. The summed E-state index contributed by atoms with van der Waals surface area (Å²) >= 11 is 0. The van der Waals surface area contributed by atoms with E-state index in [1.165, 1.54) is 0 Å². The summed E-state index contributed by atoms with van der Waals surface area (Å²) in [6.07, 6.45) is 2.17. The molecule has 92 valence electrons. The molecule has 0 amide bonds. The number of hydrogen-bond donors (Lipinski definition) is 1. The molecule has 1 atom stereocenters. The van der Waals surface area contributed by atoms with Gasteiger partial charge in [-0.15, -0.1) is 0 Å². The molecule has 0 aliphatic rings. The van der Waals surface area contributed by atoms with Crippen molar-refractivity contribution in [3.8, 4) is 0 Å². The second-order valence-corrected chi connectivity index (χ2v) is 4.41. The molecule has 1 aromatic rings. The number of nitrogens with two attached hydrogens (primary N) is 1. The van der Waals surface area contributed by atoms with Gasteiger partial charge in [-0.2, -0.15) is 5.10 Å². The van der Waals surface area contributed by atoms with Gasteiger partial charge in [0.25, 0.3) is 0 Å². The lowest BCUT2D eigenvalue weighted by Crippen LogP contribution is -2.30. The Morgan fingerprint density at radius 1 is 1.44 bits per heavy atom. The minimum Gasteiger partial charge on any atom is -0.394 e. The van der Waals surface area contributed by atoms with Gasteiger partial charge in [-0.05, 0) is 26.7 Å². The van der Waals surface area contributed by atoms with Gasteiger partial charge in [-0.3, -0.25) is 0 Å². The Labute approximate surface area is 98.4 Å². The van der Waals surface area contributed by atoms with Crippen molar-refractivity contribution in [2.75, 3.05) is 17.7 Å². The molecule has 4 nitrogen and oxygen atoms in total. The lowest BCUT2D eigenvalue weighted by Gasteiger charge is -2.27. The summed E-state index contributed by atoms with van der Waals surface area (Å²) in [4.78, 5) is 2.23. The number of anilines is 2. The monoisotopic (exact) mass is 224 g/mol. The van der Waals surface area contributed by atoms with Gasteiger partial charge in [-0.25, -0.2) is 4.68 Å². The standard InChI is InChI=1S/C12H24N4/c1-6-8-16-12(11(13)10(4)14-16)15(5)9(3)7-2/h9H,6-8,13H2,1-5H3. The molecule has 2 N–H and O–H groups in total. The topological polar surface area (TPSA) is 47.1 Å². The van der Waals surface area contributed by atoms with E-state index in [1.54, 1.807) is 0 Å². The van der Waals surface area contributed by atoms with E-state index in [0.717, 1.165) is 36.6 Å². The summed E-state index contributed by atoms with van der Waals surface area (Å²) in [6, 6.07) is 0.481. The first-order chi connectivity index (χ1) is 7.52. The zero-order chi connectivity index (χ0) is 12.3. The summed E-state index contributed by atoms with van der Waals surface area (Å²) in [5.74, 6) is 1.06. The molecule has 16 heavy (non-hydrogen) atoms. The van der Waals surface area contributed by atoms with Crippen molar-refractivity contribution in [2.24, 2.45) is 0 Å². The third kappa shape index (κ3) is 2.31. The third-order valence-corrected chi connectivity index (χ3v) is 3.17. The Morgan fingerprint density at radius 3 is 2.56 bits per heavy atom. The first kappa shape index (κ1) is 12.9. The molecule has 0 aliphatic heterocycles. The van der Waals surface area contributed by atoms with Crippen molar-refractivity contribution >= 4 is 11.5 Å². The molecule has 0 spiro atoms. The smallest absolute Gasteiger partial charge is 0.150 e. The van der Waals surface area contributed by atoms with Crippen molar-refractivity contribution in [1.29, 1.82) is 0 Å². The number of aryl methyl sites for hydroxylation is 2. The Bertz CT molecular complexity index is 343. The van der Waals surface area contributed by atoms with Gasteiger partial charge in [0.15, 0.2) is 5.82 Å². The summed E-state index contributed by atoms with van der Waals surface area (Å²) in [5, 5.41) is 4.49. The Morgan fingerprint density at radius 2 is 2.06 bits per heavy atom. The summed E-state index contributed by atoms with van der Waals surface area (Å²) in [6.45, 7) is 9.44. The number of hydrogen-bond acceptors (Lipinski definition) is 3. The quantitative estimate of drug-likeness (QED) is 0.835. The Balaban J connectivity index is 3.09. The van der Waals surface area contributed by atoms with Crippen LogP contribution in [0.3, 0.4) is 0 Å². The van der Waals surface area contributed by atoms with Crippen LogP contribution in [0.5, 0.6) is 0 Å². The van der Waals surface area contributed by atoms with Crippen LogP contribution < -0.4 is 10.6 Å². The number of aromatic nitrogens is 2. The van der Waals surface area contributed by atoms with Crippen LogP contribution in [0.15, 0.2) is 0 Å². The van der Waals surface area contributed by atoms with Crippen molar-refractivity contribution in [1.82, 2.24) is 9.78 Å². The molecular weight excluding hydrogens is 200 g/mol. The van der Waals surface area contributed by atoms with Crippen LogP contribution in [-0.4, -0.2) is 22.9 Å². The minimum absolute atomic E-state index is 0.481. The summed E-state index contributed by atoms with van der Waals surface area (Å²) < 4.78 is 2.02. The van der Waals surface area contributed by atoms with Crippen LogP contribution in [-0.2, 0) is 6.54 Å². The molecular formula is C12H24N4. The molecule has 4 heteroatoms. The fourth-order valence-corrected chi connectivity index (χ4v) is 1.81. The lowest BCUT2D eigenvalue weighted by molar-refractivity contribution is 0.569. The average molecular weight is 224 g/mol. The van der Waals surface area contributed by atoms with E-state index >= 15 is 0 Å². The first-order valence-corrected chi connectivity index (χ1v) is 6.08. The predicted octanol–water partition coefficient (Wildman–Crippen LogP) is 2.42. The highest BCUT2D eigenvalue weighted by atomic mass is 15.4. The van der Waals surface area contributed by atoms with Crippen LogP contribution in [0.4, 0.5) is 11.5 Å². The van der Waals surface area contributed by atoms with Crippen LogP contribution in [0.2, 0.25) is 0 Å². The summed E-state index contributed by atoms with van der Waals surface area (Å²) in [7, 11) is 2.09. The van der Waals surface area contributed by atoms with E-state index in [0.29, 0.717) is 6.04 Å². The van der Waals surface area contributed by atoms with Gasteiger partial charge in [0.2, 0.25) is 0 Å². The van der Waals surface area contributed by atoms with E-state index in [-0.39, 0.29) is 0 Å². The van der Waals surface area contributed by atoms with E-state index in [9.17, 15) is 0 Å². The Hall–Kier alpha value is -1.19. The minimum atomic E-state index is 0.481. The normalized spacial score (nSPS) is 12.8. The molecule has 0 fully saturated rings. The van der Waals surface area contributed by atoms with E-state index < -0.39 is 0 Å². The van der Waals surface area contributed by atoms with Gasteiger partial charge >= 0.3 is 0 Å². The first-order valence-electron chi connectivity index (χ1n) is 6.08. The maximum absolute atomic E-state index is 6.10. The van der Waals surface area contributed by atoms with Gasteiger partial charge < -0.3 is 10.6 Å². The fraction of sp³-hybridized carbons (Fsp3) is 0.750. The molecule has 0 aromatic carbocycles. The van der Waals surface area contributed by atoms with E-state index in [1.807, 2.05) is 11.6 Å². The fourth-order valence-electron chi connectivity index (χ4n) is 1.81. The van der Waals surface area contributed by atoms with Gasteiger partial charge in [0, 0.05) is 19.6 Å². The van der Waals surface area contributed by atoms with Crippen molar-refractivity contribution in [3.63, 3.8) is 0 Å². The second-order valence-electron chi connectivity index (χ2n) is 4.41. The van der Waals surface area contributed by atoms with Crippen LogP contribution in [0, 0.1) is 6.92 Å². The molecule has 1 heterocycles. The molecule has 1 rings (SSSR count). The van der Waals surface area contributed by atoms with Crippen molar-refractivity contribution in [2.45, 2.75) is 53.1 Å². The molecule has 0 bridgehead atoms. The van der Waals surface area contributed by atoms with Gasteiger partial charge in [0.1, 0.15) is 0 Å². The maximum Gasteiger partial charge on any atom is 0.150 e. The van der Waals surface area contributed by atoms with E-state index in [2.05, 4.69) is 37.8 Å². The van der Waals surface area contributed by atoms with Crippen molar-refractivity contribution < 1.29 is 0 Å². The number of nitrogens with zero attached hydrogens (tertiary/aromatic N) is 3. The lowest BCUT2D eigenvalue weighted by atomic mass is 10.2. The predicted molar refractivity (Wildman–Crippen MR) is 69.8 cm³/mol. The van der Waals surface area contributed by atoms with Crippen LogP contribution in [0.1, 0.15) is 39.3 Å². The SMILES string of the molecule is CCCn1nc(C)c(N)c1N(C)C(C)CC. The number of rotatable bonds is 5. The zero-order valence-corrected chi connectivity index (χ0v) is 11.1. The zero-order valence-electron chi connectivity index (χ0n) is 11.1. The molecule has 0 aliphatic carbocycles. The maximum atomic E-state index is 6.10. The molecule has 0 radical (unpaired) electrons. The largest absolute Gasteiger partial charge is 0.394 e. The van der Waals surface area contributed by atoms with Gasteiger partial charge in [-0.1, -0.05) is 13.8 Å². The second kappa shape index (κ2) is 5.23. The molecule has 1 aromatic heterocycles. The molecule has 0 saturated carbocycles. The van der Waals surface area contributed by atoms with Crippen LogP contribution >= 0.6 is 0 Å². The average Bonchev–Trinajstić information content (AvgIpc) is 2.53. The van der Waals surface area contributed by atoms with Gasteiger partial charge in [0.05, 0.1) is 11.4 Å². The van der Waals surface area contributed by atoms with Crippen molar-refractivity contribution in [3.05, 3.63) is 5.69 Å². The van der Waals surface area contributed by atoms with Crippen LogP contribution in [0.25, 0.3) is 0 Å². The van der Waals surface area contributed by atoms with E-state index in [4.69, 9.17) is 5.73 Å². The Kier molecular flexibility index (Phi) is 4.21.